The first-order valence-electron chi connectivity index (χ1n) is 10.6. The summed E-state index contributed by atoms with van der Waals surface area (Å²) in [5, 5.41) is 5.49. The van der Waals surface area contributed by atoms with Gasteiger partial charge in [-0.1, -0.05) is 0 Å². The van der Waals surface area contributed by atoms with Crippen molar-refractivity contribution in [3.05, 3.63) is 48.3 Å². The van der Waals surface area contributed by atoms with Gasteiger partial charge in [-0.3, -0.25) is 9.59 Å². The number of hydrogen-bond acceptors (Lipinski definition) is 6. The van der Waals surface area contributed by atoms with E-state index in [0.717, 1.165) is 12.1 Å². The second-order valence-electron chi connectivity index (χ2n) is 7.79. The predicted octanol–water partition coefficient (Wildman–Crippen LogP) is 2.10. The zero-order chi connectivity index (χ0) is 23.4. The van der Waals surface area contributed by atoms with Gasteiger partial charge in [0.05, 0.1) is 4.90 Å². The zero-order valence-corrected chi connectivity index (χ0v) is 18.6. The van der Waals surface area contributed by atoms with Gasteiger partial charge in [-0.2, -0.15) is 4.31 Å². The number of nitrogens with one attached hydrogen (secondary N) is 2. The van der Waals surface area contributed by atoms with Crippen LogP contribution in [-0.2, 0) is 19.6 Å². The van der Waals surface area contributed by atoms with E-state index in [0.29, 0.717) is 30.0 Å². The molecule has 0 atom stereocenters. The van der Waals surface area contributed by atoms with E-state index in [1.54, 1.807) is 18.2 Å². The van der Waals surface area contributed by atoms with E-state index in [4.69, 9.17) is 9.47 Å². The first kappa shape index (κ1) is 23.0. The Hall–Kier alpha value is -3.18. The van der Waals surface area contributed by atoms with Crippen molar-refractivity contribution in [2.45, 2.75) is 24.2 Å². The lowest BCUT2D eigenvalue weighted by Crippen LogP contribution is -2.43. The van der Waals surface area contributed by atoms with Crippen LogP contribution < -0.4 is 20.1 Å². The van der Waals surface area contributed by atoms with Crippen molar-refractivity contribution in [3.8, 4) is 11.5 Å². The third-order valence-corrected chi connectivity index (χ3v) is 7.50. The number of halogens is 1. The van der Waals surface area contributed by atoms with E-state index >= 15 is 0 Å². The lowest BCUT2D eigenvalue weighted by atomic mass is 9.97. The number of nitrogens with zero attached hydrogens (tertiary/aromatic N) is 1. The average molecular weight is 478 g/mol. The number of carbonyl (C=O) groups excluding carboxylic acids is 2. The lowest BCUT2D eigenvalue weighted by molar-refractivity contribution is -0.126. The summed E-state index contributed by atoms with van der Waals surface area (Å²) in [6.45, 7) is 0.712. The fourth-order valence-corrected chi connectivity index (χ4v) is 5.23. The van der Waals surface area contributed by atoms with Crippen LogP contribution in [0.1, 0.15) is 19.3 Å². The normalized spacial score (nSPS) is 16.4. The molecule has 1 fully saturated rings. The smallest absolute Gasteiger partial charge is 0.243 e. The van der Waals surface area contributed by atoms with Crippen molar-refractivity contribution in [2.24, 2.45) is 5.92 Å². The Balaban J connectivity index is 1.20. The molecule has 1 saturated heterocycles. The number of piperidine rings is 1. The second kappa shape index (κ2) is 9.75. The van der Waals surface area contributed by atoms with Crippen molar-refractivity contribution in [1.29, 1.82) is 0 Å². The van der Waals surface area contributed by atoms with E-state index in [1.807, 2.05) is 0 Å². The number of carbonyl (C=O) groups is 2. The molecule has 0 aromatic heterocycles. The monoisotopic (exact) mass is 477 g/mol. The van der Waals surface area contributed by atoms with Crippen LogP contribution in [0.25, 0.3) is 0 Å². The summed E-state index contributed by atoms with van der Waals surface area (Å²) in [7, 11) is -3.72. The Morgan fingerprint density at radius 3 is 2.45 bits per heavy atom. The van der Waals surface area contributed by atoms with Crippen LogP contribution in [0.3, 0.4) is 0 Å². The molecular weight excluding hydrogens is 453 g/mol. The zero-order valence-electron chi connectivity index (χ0n) is 17.8. The average Bonchev–Trinajstić information content (AvgIpc) is 3.27. The number of rotatable bonds is 7. The number of fused-ring (bicyclic) bond motifs is 1. The first-order chi connectivity index (χ1) is 15.8. The highest BCUT2D eigenvalue weighted by atomic mass is 32.2. The maximum atomic E-state index is 13.1. The highest BCUT2D eigenvalue weighted by Crippen LogP contribution is 2.34. The van der Waals surface area contributed by atoms with Crippen molar-refractivity contribution >= 4 is 27.5 Å². The van der Waals surface area contributed by atoms with Crippen molar-refractivity contribution in [2.75, 3.05) is 31.7 Å². The van der Waals surface area contributed by atoms with E-state index in [2.05, 4.69) is 10.6 Å². The fraction of sp³-hybridized carbons (Fsp3) is 0.364. The quantitative estimate of drug-likeness (QED) is 0.631. The fourth-order valence-electron chi connectivity index (χ4n) is 3.76. The maximum Gasteiger partial charge on any atom is 0.243 e. The third kappa shape index (κ3) is 5.42. The van der Waals surface area contributed by atoms with Gasteiger partial charge in [0.15, 0.2) is 11.5 Å². The minimum absolute atomic E-state index is 0.0280. The molecule has 2 aliphatic heterocycles. The van der Waals surface area contributed by atoms with Gasteiger partial charge in [0.25, 0.3) is 0 Å². The summed E-state index contributed by atoms with van der Waals surface area (Å²) < 4.78 is 50.2. The van der Waals surface area contributed by atoms with E-state index < -0.39 is 15.8 Å². The summed E-state index contributed by atoms with van der Waals surface area (Å²) in [4.78, 5) is 24.6. The van der Waals surface area contributed by atoms with E-state index in [-0.39, 0.29) is 55.5 Å². The highest BCUT2D eigenvalue weighted by molar-refractivity contribution is 7.89. The lowest BCUT2D eigenvalue weighted by Gasteiger charge is -2.30. The molecule has 2 aromatic rings. The Kier molecular flexibility index (Phi) is 6.80. The highest BCUT2D eigenvalue weighted by Gasteiger charge is 2.32. The number of ether oxygens (including phenoxy) is 2. The second-order valence-corrected chi connectivity index (χ2v) is 9.73. The summed E-state index contributed by atoms with van der Waals surface area (Å²) in [6, 6.07) is 9.77. The summed E-state index contributed by atoms with van der Waals surface area (Å²) in [5.41, 5.74) is 0.574. The molecule has 2 aromatic carbocycles. The molecule has 176 valence electrons. The van der Waals surface area contributed by atoms with Crippen LogP contribution in [-0.4, -0.2) is 51.0 Å². The van der Waals surface area contributed by atoms with Crippen LogP contribution in [0, 0.1) is 11.7 Å². The molecular formula is C22H24FN3O6S. The molecule has 0 radical (unpaired) electrons. The van der Waals surface area contributed by atoms with E-state index in [1.165, 1.54) is 16.4 Å². The van der Waals surface area contributed by atoms with Gasteiger partial charge in [-0.05, 0) is 49.2 Å². The van der Waals surface area contributed by atoms with Crippen LogP contribution >= 0.6 is 0 Å². The Labute approximate surface area is 190 Å². The molecule has 2 heterocycles. The molecule has 0 saturated carbocycles. The maximum absolute atomic E-state index is 13.1. The summed E-state index contributed by atoms with van der Waals surface area (Å²) in [5.74, 6) is -0.111. The number of amides is 2. The molecule has 33 heavy (non-hydrogen) atoms. The van der Waals surface area contributed by atoms with Crippen LogP contribution in [0.15, 0.2) is 47.4 Å². The molecule has 0 unspecified atom stereocenters. The van der Waals surface area contributed by atoms with Gasteiger partial charge >= 0.3 is 0 Å². The number of benzene rings is 2. The minimum atomic E-state index is -3.72. The summed E-state index contributed by atoms with van der Waals surface area (Å²) in [6.07, 6.45) is 0.837. The molecule has 4 rings (SSSR count). The van der Waals surface area contributed by atoms with Gasteiger partial charge in [0.1, 0.15) is 5.82 Å². The van der Waals surface area contributed by atoms with Gasteiger partial charge < -0.3 is 20.1 Å². The van der Waals surface area contributed by atoms with Gasteiger partial charge in [-0.25, -0.2) is 12.8 Å². The van der Waals surface area contributed by atoms with Gasteiger partial charge in [0.2, 0.25) is 28.6 Å². The number of sulfonamides is 1. The third-order valence-electron chi connectivity index (χ3n) is 5.58. The number of anilines is 1. The molecule has 2 amide bonds. The molecule has 0 bridgehead atoms. The van der Waals surface area contributed by atoms with Crippen molar-refractivity contribution in [1.82, 2.24) is 9.62 Å². The molecule has 11 heteroatoms. The van der Waals surface area contributed by atoms with Crippen LogP contribution in [0.5, 0.6) is 11.5 Å². The van der Waals surface area contributed by atoms with Crippen molar-refractivity contribution in [3.63, 3.8) is 0 Å². The Morgan fingerprint density at radius 2 is 1.73 bits per heavy atom. The van der Waals surface area contributed by atoms with E-state index in [9.17, 15) is 22.4 Å². The van der Waals surface area contributed by atoms with Gasteiger partial charge in [0, 0.05) is 43.7 Å². The molecule has 2 N–H and O–H groups in total. The molecule has 0 aliphatic carbocycles. The van der Waals surface area contributed by atoms with Crippen LogP contribution in [0.2, 0.25) is 0 Å². The van der Waals surface area contributed by atoms with Crippen molar-refractivity contribution < 1.29 is 31.9 Å². The van der Waals surface area contributed by atoms with Gasteiger partial charge in [-0.15, -0.1) is 0 Å². The number of hydrogen-bond donors (Lipinski definition) is 2. The molecule has 0 spiro atoms. The topological polar surface area (TPSA) is 114 Å². The Morgan fingerprint density at radius 1 is 1.03 bits per heavy atom. The minimum Gasteiger partial charge on any atom is -0.454 e. The Bertz CT molecular complexity index is 1130. The largest absolute Gasteiger partial charge is 0.454 e. The predicted molar refractivity (Wildman–Crippen MR) is 117 cm³/mol. The first-order valence-corrected chi connectivity index (χ1v) is 12.0. The molecule has 2 aliphatic rings. The SMILES string of the molecule is O=C(CCNC(=O)C1CCN(S(=O)(=O)c2ccc(F)cc2)CC1)Nc1ccc2c(c1)OCO2. The molecule has 9 nitrogen and oxygen atoms in total. The van der Waals surface area contributed by atoms with Crippen LogP contribution in [0.4, 0.5) is 10.1 Å². The standard InChI is InChI=1S/C22H24FN3O6S/c23-16-1-4-18(5-2-16)33(29,30)26-11-8-15(9-12-26)22(28)24-10-7-21(27)25-17-3-6-19-20(13-17)32-14-31-19/h1-6,13,15H,7-12,14H2,(H,24,28)(H,25,27). The summed E-state index contributed by atoms with van der Waals surface area (Å²) >= 11 is 0.